The lowest BCUT2D eigenvalue weighted by atomic mass is 10.0. The minimum absolute atomic E-state index is 0.00634. The number of carboxylic acid groups (broad SMARTS) is 1. The first-order valence-electron chi connectivity index (χ1n) is 5.81. The second-order valence-corrected chi connectivity index (χ2v) is 5.07. The van der Waals surface area contributed by atoms with Gasteiger partial charge in [-0.05, 0) is 18.6 Å². The van der Waals surface area contributed by atoms with E-state index in [2.05, 4.69) is 0 Å². The summed E-state index contributed by atoms with van der Waals surface area (Å²) in [4.78, 5) is 24.4. The lowest BCUT2D eigenvalue weighted by Gasteiger charge is -2.37. The van der Waals surface area contributed by atoms with E-state index in [-0.39, 0.29) is 25.6 Å². The quantitative estimate of drug-likeness (QED) is 0.914. The minimum Gasteiger partial charge on any atom is -0.479 e. The summed E-state index contributed by atoms with van der Waals surface area (Å²) in [6.07, 6.45) is 0. The molecule has 0 saturated carbocycles. The molecule has 0 aliphatic carbocycles. The monoisotopic (exact) mass is 283 g/mol. The van der Waals surface area contributed by atoms with E-state index in [1.54, 1.807) is 12.1 Å². The number of amides is 1. The van der Waals surface area contributed by atoms with Crippen molar-refractivity contribution in [3.63, 3.8) is 0 Å². The van der Waals surface area contributed by atoms with Crippen LogP contribution >= 0.6 is 11.6 Å². The number of hydrogen-bond acceptors (Lipinski definition) is 3. The number of aliphatic carboxylic acids is 1. The first-order valence-corrected chi connectivity index (χ1v) is 6.19. The second-order valence-electron chi connectivity index (χ2n) is 4.67. The van der Waals surface area contributed by atoms with E-state index in [9.17, 15) is 9.59 Å². The van der Waals surface area contributed by atoms with Gasteiger partial charge in [0, 0.05) is 11.6 Å². The van der Waals surface area contributed by atoms with Crippen LogP contribution in [0, 0.1) is 0 Å². The summed E-state index contributed by atoms with van der Waals surface area (Å²) in [6.45, 7) is 1.52. The highest BCUT2D eigenvalue weighted by Crippen LogP contribution is 2.23. The van der Waals surface area contributed by atoms with Crippen molar-refractivity contribution >= 4 is 23.5 Å². The Morgan fingerprint density at radius 1 is 1.53 bits per heavy atom. The maximum Gasteiger partial charge on any atom is 0.337 e. The Hall–Kier alpha value is -1.59. The van der Waals surface area contributed by atoms with Crippen LogP contribution in [0.2, 0.25) is 5.02 Å². The zero-order chi connectivity index (χ0) is 14.0. The van der Waals surface area contributed by atoms with Gasteiger partial charge in [-0.25, -0.2) is 4.79 Å². The molecule has 5 nitrogen and oxygen atoms in total. The van der Waals surface area contributed by atoms with Crippen LogP contribution in [0.3, 0.4) is 0 Å². The van der Waals surface area contributed by atoms with Gasteiger partial charge in [0.25, 0.3) is 0 Å². The number of carbonyl (C=O) groups is 2. The molecule has 1 aliphatic rings. The molecule has 1 heterocycles. The number of benzene rings is 1. The van der Waals surface area contributed by atoms with E-state index >= 15 is 0 Å². The molecule has 1 aromatic rings. The Labute approximate surface area is 115 Å². The molecule has 1 amide bonds. The first-order chi connectivity index (χ1) is 8.92. The van der Waals surface area contributed by atoms with Gasteiger partial charge < -0.3 is 14.7 Å². The van der Waals surface area contributed by atoms with E-state index in [4.69, 9.17) is 21.4 Å². The van der Waals surface area contributed by atoms with Crippen LogP contribution in [0.4, 0.5) is 0 Å². The molecule has 1 aliphatic heterocycles. The van der Waals surface area contributed by atoms with Crippen molar-refractivity contribution in [1.29, 1.82) is 0 Å². The summed E-state index contributed by atoms with van der Waals surface area (Å²) >= 11 is 6.04. The fourth-order valence-electron chi connectivity index (χ4n) is 1.92. The van der Waals surface area contributed by atoms with Gasteiger partial charge in [0.05, 0.1) is 6.54 Å². The van der Waals surface area contributed by atoms with Gasteiger partial charge in [0.15, 0.2) is 5.60 Å². The normalized spacial score (nSPS) is 23.5. The SMILES string of the molecule is CC1(C(=O)O)CN(Cc2ccccc2Cl)C(=O)CO1. The molecule has 2 rings (SSSR count). The van der Waals surface area contributed by atoms with Crippen molar-refractivity contribution in [2.75, 3.05) is 13.2 Å². The number of hydrogen-bond donors (Lipinski definition) is 1. The molecule has 19 heavy (non-hydrogen) atoms. The molecule has 0 aromatic heterocycles. The van der Waals surface area contributed by atoms with E-state index in [1.807, 2.05) is 12.1 Å². The molecule has 0 spiro atoms. The van der Waals surface area contributed by atoms with Crippen molar-refractivity contribution in [2.24, 2.45) is 0 Å². The van der Waals surface area contributed by atoms with Gasteiger partial charge in [-0.2, -0.15) is 0 Å². The van der Waals surface area contributed by atoms with Gasteiger partial charge in [0.2, 0.25) is 5.91 Å². The topological polar surface area (TPSA) is 66.8 Å². The van der Waals surface area contributed by atoms with Crippen molar-refractivity contribution in [3.05, 3.63) is 34.9 Å². The third kappa shape index (κ3) is 2.88. The van der Waals surface area contributed by atoms with Gasteiger partial charge in [-0.15, -0.1) is 0 Å². The van der Waals surface area contributed by atoms with Crippen molar-refractivity contribution in [1.82, 2.24) is 4.90 Å². The fourth-order valence-corrected chi connectivity index (χ4v) is 2.11. The van der Waals surface area contributed by atoms with Crippen LogP contribution in [0.25, 0.3) is 0 Å². The molecule has 102 valence electrons. The molecular formula is C13H14ClNO4. The number of nitrogens with zero attached hydrogens (tertiary/aromatic N) is 1. The maximum absolute atomic E-state index is 11.8. The average Bonchev–Trinajstić information content (AvgIpc) is 2.36. The summed E-state index contributed by atoms with van der Waals surface area (Å²) < 4.78 is 5.11. The molecule has 1 unspecified atom stereocenters. The van der Waals surface area contributed by atoms with E-state index in [0.717, 1.165) is 5.56 Å². The Balaban J connectivity index is 2.17. The molecule has 1 atom stereocenters. The molecule has 1 fully saturated rings. The highest BCUT2D eigenvalue weighted by molar-refractivity contribution is 6.31. The van der Waals surface area contributed by atoms with Gasteiger partial charge in [-0.3, -0.25) is 4.79 Å². The van der Waals surface area contributed by atoms with E-state index in [0.29, 0.717) is 5.02 Å². The predicted molar refractivity (Wildman–Crippen MR) is 68.9 cm³/mol. The van der Waals surface area contributed by atoms with Gasteiger partial charge in [0.1, 0.15) is 6.61 Å². The third-order valence-electron chi connectivity index (χ3n) is 3.13. The molecular weight excluding hydrogens is 270 g/mol. The standard InChI is InChI=1S/C13H14ClNO4/c1-13(12(17)18)8-15(11(16)7-19-13)6-9-4-2-3-5-10(9)14/h2-5H,6-8H2,1H3,(H,17,18). The summed E-state index contributed by atoms with van der Waals surface area (Å²) in [5.74, 6) is -1.32. The Kier molecular flexibility index (Phi) is 3.78. The van der Waals surface area contributed by atoms with Crippen LogP contribution in [-0.2, 0) is 20.9 Å². The lowest BCUT2D eigenvalue weighted by molar-refractivity contribution is -0.182. The van der Waals surface area contributed by atoms with Crippen LogP contribution in [0.5, 0.6) is 0 Å². The van der Waals surface area contributed by atoms with Gasteiger partial charge >= 0.3 is 5.97 Å². The molecule has 1 saturated heterocycles. The van der Waals surface area contributed by atoms with Gasteiger partial charge in [-0.1, -0.05) is 29.8 Å². The smallest absolute Gasteiger partial charge is 0.337 e. The van der Waals surface area contributed by atoms with Crippen LogP contribution in [0.1, 0.15) is 12.5 Å². The number of carboxylic acids is 1. The Morgan fingerprint density at radius 3 is 2.84 bits per heavy atom. The Bertz CT molecular complexity index is 519. The summed E-state index contributed by atoms with van der Waals surface area (Å²) in [6, 6.07) is 7.16. The molecule has 6 heteroatoms. The fraction of sp³-hybridized carbons (Fsp3) is 0.385. The highest BCUT2D eigenvalue weighted by atomic mass is 35.5. The van der Waals surface area contributed by atoms with Crippen LogP contribution in [-0.4, -0.2) is 40.6 Å². The molecule has 0 radical (unpaired) electrons. The van der Waals surface area contributed by atoms with E-state index in [1.165, 1.54) is 11.8 Å². The lowest BCUT2D eigenvalue weighted by Crippen LogP contribution is -2.56. The van der Waals surface area contributed by atoms with Crippen molar-refractivity contribution in [2.45, 2.75) is 19.1 Å². The number of halogens is 1. The van der Waals surface area contributed by atoms with Crippen LogP contribution < -0.4 is 0 Å². The zero-order valence-corrected chi connectivity index (χ0v) is 11.2. The maximum atomic E-state index is 11.8. The summed E-state index contributed by atoms with van der Waals surface area (Å²) in [7, 11) is 0. The number of rotatable bonds is 3. The summed E-state index contributed by atoms with van der Waals surface area (Å²) in [5.41, 5.74) is -0.582. The number of ether oxygens (including phenoxy) is 1. The molecule has 0 bridgehead atoms. The molecule has 1 N–H and O–H groups in total. The summed E-state index contributed by atoms with van der Waals surface area (Å²) in [5, 5.41) is 9.69. The predicted octanol–water partition coefficient (Wildman–Crippen LogP) is 1.54. The number of carbonyl (C=O) groups excluding carboxylic acids is 1. The van der Waals surface area contributed by atoms with E-state index < -0.39 is 11.6 Å². The largest absolute Gasteiger partial charge is 0.479 e. The third-order valence-corrected chi connectivity index (χ3v) is 3.50. The zero-order valence-electron chi connectivity index (χ0n) is 10.4. The first kappa shape index (κ1) is 13.8. The highest BCUT2D eigenvalue weighted by Gasteiger charge is 2.42. The van der Waals surface area contributed by atoms with Crippen molar-refractivity contribution in [3.8, 4) is 0 Å². The Morgan fingerprint density at radius 2 is 2.21 bits per heavy atom. The van der Waals surface area contributed by atoms with Crippen LogP contribution in [0.15, 0.2) is 24.3 Å². The average molecular weight is 284 g/mol. The minimum atomic E-state index is -1.37. The van der Waals surface area contributed by atoms with Crippen molar-refractivity contribution < 1.29 is 19.4 Å². The molecule has 1 aromatic carbocycles. The second kappa shape index (κ2) is 5.19. The number of morpholine rings is 1.